The van der Waals surface area contributed by atoms with Crippen LogP contribution in [-0.2, 0) is 6.54 Å². The SMILES string of the molecule is CCC(C)CNC(=O)c1coc(CN2CCNCC2)n1. The van der Waals surface area contributed by atoms with Gasteiger partial charge in [-0.05, 0) is 5.92 Å². The van der Waals surface area contributed by atoms with Crippen LogP contribution < -0.4 is 10.6 Å². The molecule has 1 saturated heterocycles. The predicted octanol–water partition coefficient (Wildman–Crippen LogP) is 0.856. The normalized spacial score (nSPS) is 17.9. The van der Waals surface area contributed by atoms with Crippen molar-refractivity contribution in [1.82, 2.24) is 20.5 Å². The van der Waals surface area contributed by atoms with Crippen LogP contribution in [0, 0.1) is 5.92 Å². The van der Waals surface area contributed by atoms with Gasteiger partial charge in [0, 0.05) is 32.7 Å². The predicted molar refractivity (Wildman–Crippen MR) is 76.4 cm³/mol. The minimum Gasteiger partial charge on any atom is -0.447 e. The maximum atomic E-state index is 11.9. The Bertz CT molecular complexity index is 427. The number of nitrogens with zero attached hydrogens (tertiary/aromatic N) is 2. The van der Waals surface area contributed by atoms with Gasteiger partial charge in [0.25, 0.3) is 5.91 Å². The molecule has 0 aromatic carbocycles. The number of aromatic nitrogens is 1. The number of hydrogen-bond donors (Lipinski definition) is 2. The lowest BCUT2D eigenvalue weighted by molar-refractivity contribution is 0.0942. The molecule has 6 heteroatoms. The Labute approximate surface area is 119 Å². The van der Waals surface area contributed by atoms with E-state index in [1.807, 2.05) is 0 Å². The average molecular weight is 280 g/mol. The van der Waals surface area contributed by atoms with Crippen molar-refractivity contribution in [2.24, 2.45) is 5.92 Å². The summed E-state index contributed by atoms with van der Waals surface area (Å²) in [6.07, 6.45) is 2.50. The monoisotopic (exact) mass is 280 g/mol. The first-order valence-electron chi connectivity index (χ1n) is 7.34. The summed E-state index contributed by atoms with van der Waals surface area (Å²) in [5.41, 5.74) is 0.374. The highest BCUT2D eigenvalue weighted by Gasteiger charge is 2.16. The minimum absolute atomic E-state index is 0.152. The van der Waals surface area contributed by atoms with Crippen molar-refractivity contribution < 1.29 is 9.21 Å². The molecule has 0 aliphatic carbocycles. The van der Waals surface area contributed by atoms with Crippen LogP contribution in [0.4, 0.5) is 0 Å². The van der Waals surface area contributed by atoms with Crippen molar-refractivity contribution in [3.05, 3.63) is 17.8 Å². The van der Waals surface area contributed by atoms with Gasteiger partial charge in [0.1, 0.15) is 6.26 Å². The molecule has 2 rings (SSSR count). The second kappa shape index (κ2) is 7.40. The standard InChI is InChI=1S/C14H24N4O2/c1-3-11(2)8-16-14(19)12-10-20-13(17-12)9-18-6-4-15-5-7-18/h10-11,15H,3-9H2,1-2H3,(H,16,19). The molecule has 1 unspecified atom stereocenters. The quantitative estimate of drug-likeness (QED) is 0.808. The van der Waals surface area contributed by atoms with Crippen molar-refractivity contribution >= 4 is 5.91 Å². The first-order chi connectivity index (χ1) is 9.69. The molecule has 1 aromatic rings. The fourth-order valence-corrected chi connectivity index (χ4v) is 2.05. The Hall–Kier alpha value is -1.40. The maximum Gasteiger partial charge on any atom is 0.273 e. The van der Waals surface area contributed by atoms with Gasteiger partial charge in [-0.15, -0.1) is 0 Å². The summed E-state index contributed by atoms with van der Waals surface area (Å²) < 4.78 is 5.39. The molecule has 0 bridgehead atoms. The van der Waals surface area contributed by atoms with Gasteiger partial charge in [-0.3, -0.25) is 9.69 Å². The molecule has 1 aliphatic heterocycles. The summed E-state index contributed by atoms with van der Waals surface area (Å²) in [6.45, 7) is 9.51. The van der Waals surface area contributed by atoms with E-state index in [0.717, 1.165) is 32.6 Å². The number of rotatable bonds is 6. The van der Waals surface area contributed by atoms with Crippen LogP contribution in [0.3, 0.4) is 0 Å². The van der Waals surface area contributed by atoms with E-state index in [9.17, 15) is 4.79 Å². The number of hydrogen-bond acceptors (Lipinski definition) is 5. The van der Waals surface area contributed by atoms with Crippen LogP contribution >= 0.6 is 0 Å². The topological polar surface area (TPSA) is 70.4 Å². The Morgan fingerprint density at radius 2 is 2.30 bits per heavy atom. The Morgan fingerprint density at radius 1 is 1.55 bits per heavy atom. The Balaban J connectivity index is 1.83. The zero-order chi connectivity index (χ0) is 14.4. The van der Waals surface area contributed by atoms with Gasteiger partial charge in [0.05, 0.1) is 6.54 Å². The zero-order valence-electron chi connectivity index (χ0n) is 12.3. The molecule has 1 amide bonds. The third-order valence-corrected chi connectivity index (χ3v) is 3.66. The molecule has 112 valence electrons. The van der Waals surface area contributed by atoms with Gasteiger partial charge >= 0.3 is 0 Å². The Kier molecular flexibility index (Phi) is 5.55. The van der Waals surface area contributed by atoms with Crippen LogP contribution in [0.15, 0.2) is 10.7 Å². The van der Waals surface area contributed by atoms with E-state index in [1.54, 1.807) is 0 Å². The third kappa shape index (κ3) is 4.31. The minimum atomic E-state index is -0.152. The second-order valence-electron chi connectivity index (χ2n) is 5.38. The number of oxazole rings is 1. The summed E-state index contributed by atoms with van der Waals surface area (Å²) in [7, 11) is 0. The largest absolute Gasteiger partial charge is 0.447 e. The number of nitrogens with one attached hydrogen (secondary N) is 2. The number of carbonyl (C=O) groups is 1. The van der Waals surface area contributed by atoms with E-state index in [-0.39, 0.29) is 5.91 Å². The van der Waals surface area contributed by atoms with E-state index in [0.29, 0.717) is 30.6 Å². The fourth-order valence-electron chi connectivity index (χ4n) is 2.05. The summed E-state index contributed by atoms with van der Waals surface area (Å²) in [5.74, 6) is 0.937. The molecule has 0 radical (unpaired) electrons. The fraction of sp³-hybridized carbons (Fsp3) is 0.714. The molecule has 20 heavy (non-hydrogen) atoms. The van der Waals surface area contributed by atoms with Gasteiger partial charge in [0.2, 0.25) is 5.89 Å². The molecule has 2 N–H and O–H groups in total. The van der Waals surface area contributed by atoms with Crippen LogP contribution in [0.5, 0.6) is 0 Å². The van der Waals surface area contributed by atoms with Gasteiger partial charge in [-0.25, -0.2) is 4.98 Å². The molecule has 2 heterocycles. The summed E-state index contributed by atoms with van der Waals surface area (Å²) >= 11 is 0. The van der Waals surface area contributed by atoms with Gasteiger partial charge in [-0.1, -0.05) is 20.3 Å². The Morgan fingerprint density at radius 3 is 3.00 bits per heavy atom. The molecule has 1 atom stereocenters. The summed E-state index contributed by atoms with van der Waals surface area (Å²) in [5, 5.41) is 6.18. The molecule has 1 aliphatic rings. The van der Waals surface area contributed by atoms with Gasteiger partial charge < -0.3 is 15.1 Å². The molecule has 1 aromatic heterocycles. The highest BCUT2D eigenvalue weighted by molar-refractivity contribution is 5.91. The maximum absolute atomic E-state index is 11.9. The zero-order valence-corrected chi connectivity index (χ0v) is 12.3. The van der Waals surface area contributed by atoms with E-state index in [1.165, 1.54) is 6.26 Å². The highest BCUT2D eigenvalue weighted by atomic mass is 16.3. The lowest BCUT2D eigenvalue weighted by Gasteiger charge is -2.25. The molecule has 0 saturated carbocycles. The lowest BCUT2D eigenvalue weighted by atomic mass is 10.1. The van der Waals surface area contributed by atoms with Crippen molar-refractivity contribution in [3.63, 3.8) is 0 Å². The summed E-state index contributed by atoms with van der Waals surface area (Å²) in [6, 6.07) is 0. The van der Waals surface area contributed by atoms with E-state index >= 15 is 0 Å². The van der Waals surface area contributed by atoms with Crippen LogP contribution in [0.2, 0.25) is 0 Å². The number of carbonyl (C=O) groups excluding carboxylic acids is 1. The smallest absolute Gasteiger partial charge is 0.273 e. The van der Waals surface area contributed by atoms with Crippen LogP contribution in [-0.4, -0.2) is 48.5 Å². The molecular weight excluding hydrogens is 256 g/mol. The first-order valence-corrected chi connectivity index (χ1v) is 7.34. The van der Waals surface area contributed by atoms with E-state index in [2.05, 4.69) is 34.4 Å². The molecular formula is C14H24N4O2. The van der Waals surface area contributed by atoms with Crippen molar-refractivity contribution in [1.29, 1.82) is 0 Å². The lowest BCUT2D eigenvalue weighted by Crippen LogP contribution is -2.42. The van der Waals surface area contributed by atoms with Crippen molar-refractivity contribution in [3.8, 4) is 0 Å². The third-order valence-electron chi connectivity index (χ3n) is 3.66. The highest BCUT2D eigenvalue weighted by Crippen LogP contribution is 2.07. The summed E-state index contributed by atoms with van der Waals surface area (Å²) in [4.78, 5) is 18.4. The first kappa shape index (κ1) is 15.0. The van der Waals surface area contributed by atoms with Crippen LogP contribution in [0.1, 0.15) is 36.6 Å². The van der Waals surface area contributed by atoms with Crippen molar-refractivity contribution in [2.45, 2.75) is 26.8 Å². The van der Waals surface area contributed by atoms with Crippen molar-refractivity contribution in [2.75, 3.05) is 32.7 Å². The molecule has 6 nitrogen and oxygen atoms in total. The number of piperazine rings is 1. The van der Waals surface area contributed by atoms with Crippen LogP contribution in [0.25, 0.3) is 0 Å². The second-order valence-corrected chi connectivity index (χ2v) is 5.38. The van der Waals surface area contributed by atoms with Gasteiger partial charge in [-0.2, -0.15) is 0 Å². The number of amides is 1. The van der Waals surface area contributed by atoms with E-state index < -0.39 is 0 Å². The average Bonchev–Trinajstić information content (AvgIpc) is 2.94. The molecule has 1 fully saturated rings. The molecule has 0 spiro atoms. The van der Waals surface area contributed by atoms with Gasteiger partial charge in [0.15, 0.2) is 5.69 Å². The van der Waals surface area contributed by atoms with E-state index in [4.69, 9.17) is 4.42 Å².